The molecule has 1 heterocycles. The molecule has 1 aliphatic heterocycles. The van der Waals surface area contributed by atoms with Crippen LogP contribution in [0.25, 0.3) is 0 Å². The summed E-state index contributed by atoms with van der Waals surface area (Å²) >= 11 is 0. The smallest absolute Gasteiger partial charge is 0.227 e. The fourth-order valence-corrected chi connectivity index (χ4v) is 1.87. The van der Waals surface area contributed by atoms with Crippen LogP contribution in [-0.4, -0.2) is 25.5 Å². The Hall–Kier alpha value is -0.570. The standard InChI is InChI=1S/C8H14N2O/c11-7-8(2-1-3-8)6-9-4-5-10-7/h9H,1-6H2,(H,10,11). The van der Waals surface area contributed by atoms with Crippen LogP contribution >= 0.6 is 0 Å². The van der Waals surface area contributed by atoms with Gasteiger partial charge in [-0.1, -0.05) is 6.42 Å². The molecule has 0 radical (unpaired) electrons. The average molecular weight is 154 g/mol. The number of nitrogens with one attached hydrogen (secondary N) is 2. The molecule has 0 bridgehead atoms. The zero-order valence-electron chi connectivity index (χ0n) is 6.65. The van der Waals surface area contributed by atoms with Gasteiger partial charge in [0.2, 0.25) is 5.91 Å². The third kappa shape index (κ3) is 1.03. The van der Waals surface area contributed by atoms with Crippen LogP contribution in [0.3, 0.4) is 0 Å². The van der Waals surface area contributed by atoms with Gasteiger partial charge in [-0.05, 0) is 12.8 Å². The van der Waals surface area contributed by atoms with Crippen LogP contribution in [0.1, 0.15) is 19.3 Å². The maximum Gasteiger partial charge on any atom is 0.227 e. The lowest BCUT2D eigenvalue weighted by atomic mass is 9.68. The summed E-state index contributed by atoms with van der Waals surface area (Å²) in [4.78, 5) is 11.5. The highest BCUT2D eigenvalue weighted by molar-refractivity contribution is 5.84. The summed E-state index contributed by atoms with van der Waals surface area (Å²) in [5, 5.41) is 6.22. The van der Waals surface area contributed by atoms with E-state index in [0.29, 0.717) is 0 Å². The first-order chi connectivity index (χ1) is 5.33. The van der Waals surface area contributed by atoms with Crippen molar-refractivity contribution < 1.29 is 4.79 Å². The molecule has 1 amide bonds. The molecular weight excluding hydrogens is 140 g/mol. The van der Waals surface area contributed by atoms with Crippen LogP contribution in [0.5, 0.6) is 0 Å². The minimum atomic E-state index is -0.0174. The Balaban J connectivity index is 2.09. The van der Waals surface area contributed by atoms with Gasteiger partial charge in [-0.3, -0.25) is 4.79 Å². The van der Waals surface area contributed by atoms with Gasteiger partial charge in [-0.15, -0.1) is 0 Å². The molecular formula is C8H14N2O. The SMILES string of the molecule is O=C1NCCNCC12CCC2. The fourth-order valence-electron chi connectivity index (χ4n) is 1.87. The molecule has 1 aliphatic carbocycles. The van der Waals surface area contributed by atoms with E-state index in [2.05, 4.69) is 10.6 Å². The fraction of sp³-hybridized carbons (Fsp3) is 0.875. The molecule has 1 saturated carbocycles. The van der Waals surface area contributed by atoms with Crippen LogP contribution in [0, 0.1) is 5.41 Å². The van der Waals surface area contributed by atoms with Crippen molar-refractivity contribution in [2.75, 3.05) is 19.6 Å². The van der Waals surface area contributed by atoms with E-state index in [1.165, 1.54) is 6.42 Å². The second kappa shape index (κ2) is 2.48. The molecule has 3 nitrogen and oxygen atoms in total. The summed E-state index contributed by atoms with van der Waals surface area (Å²) in [5.74, 6) is 0.272. The maximum atomic E-state index is 11.5. The third-order valence-corrected chi connectivity index (χ3v) is 2.84. The molecule has 1 saturated heterocycles. The molecule has 2 N–H and O–H groups in total. The Morgan fingerprint density at radius 2 is 2.09 bits per heavy atom. The van der Waals surface area contributed by atoms with Gasteiger partial charge >= 0.3 is 0 Å². The third-order valence-electron chi connectivity index (χ3n) is 2.84. The Morgan fingerprint density at radius 3 is 2.73 bits per heavy atom. The zero-order valence-corrected chi connectivity index (χ0v) is 6.65. The van der Waals surface area contributed by atoms with E-state index in [-0.39, 0.29) is 11.3 Å². The first-order valence-corrected chi connectivity index (χ1v) is 4.33. The minimum absolute atomic E-state index is 0.0174. The van der Waals surface area contributed by atoms with Crippen molar-refractivity contribution in [3.8, 4) is 0 Å². The van der Waals surface area contributed by atoms with Crippen molar-refractivity contribution in [1.82, 2.24) is 10.6 Å². The van der Waals surface area contributed by atoms with Crippen LogP contribution < -0.4 is 10.6 Å². The summed E-state index contributed by atoms with van der Waals surface area (Å²) in [5.41, 5.74) is -0.0174. The van der Waals surface area contributed by atoms with Gasteiger partial charge in [0.1, 0.15) is 0 Å². The van der Waals surface area contributed by atoms with E-state index in [0.717, 1.165) is 32.5 Å². The summed E-state index contributed by atoms with van der Waals surface area (Å²) in [6, 6.07) is 0. The van der Waals surface area contributed by atoms with Crippen molar-refractivity contribution >= 4 is 5.91 Å². The molecule has 0 aromatic heterocycles. The van der Waals surface area contributed by atoms with Gasteiger partial charge in [-0.2, -0.15) is 0 Å². The first kappa shape index (κ1) is 7.10. The number of amides is 1. The lowest BCUT2D eigenvalue weighted by molar-refractivity contribution is -0.134. The topological polar surface area (TPSA) is 41.1 Å². The number of hydrogen-bond acceptors (Lipinski definition) is 2. The maximum absolute atomic E-state index is 11.5. The second-order valence-electron chi connectivity index (χ2n) is 3.57. The predicted molar refractivity (Wildman–Crippen MR) is 42.2 cm³/mol. The molecule has 1 spiro atoms. The average Bonchev–Trinajstić information content (AvgIpc) is 2.09. The summed E-state index contributed by atoms with van der Waals surface area (Å²) < 4.78 is 0. The second-order valence-corrected chi connectivity index (χ2v) is 3.57. The highest BCUT2D eigenvalue weighted by Gasteiger charge is 2.44. The van der Waals surface area contributed by atoms with E-state index >= 15 is 0 Å². The molecule has 0 atom stereocenters. The van der Waals surface area contributed by atoms with Gasteiger partial charge in [0.15, 0.2) is 0 Å². The van der Waals surface area contributed by atoms with E-state index < -0.39 is 0 Å². The van der Waals surface area contributed by atoms with Crippen LogP contribution in [0.15, 0.2) is 0 Å². The molecule has 3 heteroatoms. The van der Waals surface area contributed by atoms with Gasteiger partial charge < -0.3 is 10.6 Å². The van der Waals surface area contributed by atoms with Crippen molar-refractivity contribution in [2.45, 2.75) is 19.3 Å². The Bertz CT molecular complexity index is 175. The quantitative estimate of drug-likeness (QED) is 0.510. The zero-order chi connectivity index (χ0) is 7.73. The number of rotatable bonds is 0. The van der Waals surface area contributed by atoms with Crippen LogP contribution in [0.4, 0.5) is 0 Å². The lowest BCUT2D eigenvalue weighted by Gasteiger charge is -2.38. The summed E-state index contributed by atoms with van der Waals surface area (Å²) in [7, 11) is 0. The monoisotopic (exact) mass is 154 g/mol. The largest absolute Gasteiger partial charge is 0.354 e. The van der Waals surface area contributed by atoms with Crippen molar-refractivity contribution in [3.05, 3.63) is 0 Å². The Kier molecular flexibility index (Phi) is 1.60. The van der Waals surface area contributed by atoms with Gasteiger partial charge in [0.05, 0.1) is 5.41 Å². The Morgan fingerprint density at radius 1 is 1.27 bits per heavy atom. The van der Waals surface area contributed by atoms with Crippen molar-refractivity contribution in [2.24, 2.45) is 5.41 Å². The molecule has 0 aromatic rings. The number of carbonyl (C=O) groups excluding carboxylic acids is 1. The minimum Gasteiger partial charge on any atom is -0.354 e. The molecule has 11 heavy (non-hydrogen) atoms. The predicted octanol–water partition coefficient (Wildman–Crippen LogP) is -0.124. The highest BCUT2D eigenvalue weighted by atomic mass is 16.2. The van der Waals surface area contributed by atoms with E-state index in [1.54, 1.807) is 0 Å². The molecule has 2 fully saturated rings. The van der Waals surface area contributed by atoms with Crippen molar-refractivity contribution in [1.29, 1.82) is 0 Å². The molecule has 62 valence electrons. The van der Waals surface area contributed by atoms with E-state index in [9.17, 15) is 4.79 Å². The van der Waals surface area contributed by atoms with Gasteiger partial charge in [0.25, 0.3) is 0 Å². The van der Waals surface area contributed by atoms with Crippen LogP contribution in [-0.2, 0) is 4.79 Å². The Labute approximate surface area is 66.5 Å². The lowest BCUT2D eigenvalue weighted by Crippen LogP contribution is -2.48. The summed E-state index contributed by atoms with van der Waals surface area (Å²) in [6.45, 7) is 2.60. The highest BCUT2D eigenvalue weighted by Crippen LogP contribution is 2.40. The molecule has 0 unspecified atom stereocenters. The van der Waals surface area contributed by atoms with Gasteiger partial charge in [-0.25, -0.2) is 0 Å². The number of carbonyl (C=O) groups is 1. The molecule has 2 rings (SSSR count). The van der Waals surface area contributed by atoms with Crippen molar-refractivity contribution in [3.63, 3.8) is 0 Å². The summed E-state index contributed by atoms with van der Waals surface area (Å²) in [6.07, 6.45) is 3.37. The molecule has 2 aliphatic rings. The van der Waals surface area contributed by atoms with Gasteiger partial charge in [0, 0.05) is 19.6 Å². The first-order valence-electron chi connectivity index (χ1n) is 4.33. The van der Waals surface area contributed by atoms with E-state index in [4.69, 9.17) is 0 Å². The van der Waals surface area contributed by atoms with E-state index in [1.807, 2.05) is 0 Å². The van der Waals surface area contributed by atoms with Crippen LogP contribution in [0.2, 0.25) is 0 Å². The normalized spacial score (nSPS) is 28.9. The number of hydrogen-bond donors (Lipinski definition) is 2. The molecule has 0 aromatic carbocycles.